The molecule has 0 atom stereocenters. The van der Waals surface area contributed by atoms with Crippen molar-refractivity contribution in [1.82, 2.24) is 11.0 Å². The molecule has 4 nitrogen and oxygen atoms in total. The fourth-order valence-corrected chi connectivity index (χ4v) is 1.62. The second-order valence-electron chi connectivity index (χ2n) is 3.78. The van der Waals surface area contributed by atoms with Crippen LogP contribution in [0.2, 0.25) is 0 Å². The summed E-state index contributed by atoms with van der Waals surface area (Å²) >= 11 is 4.65. The number of ether oxygens (including phenoxy) is 1. The minimum atomic E-state index is 0.528. The summed E-state index contributed by atoms with van der Waals surface area (Å²) in [6, 6.07) is 17.7. The fourth-order valence-electron chi connectivity index (χ4n) is 1.56. The van der Waals surface area contributed by atoms with E-state index in [-0.39, 0.29) is 0 Å². The SMILES string of the molecule is S=CNNNc1ccccc1OCc1ccccc1. The molecule has 2 rings (SSSR count). The van der Waals surface area contributed by atoms with Crippen molar-refractivity contribution >= 4 is 23.4 Å². The van der Waals surface area contributed by atoms with Crippen molar-refractivity contribution in [2.45, 2.75) is 6.61 Å². The third-order valence-electron chi connectivity index (χ3n) is 2.45. The van der Waals surface area contributed by atoms with E-state index in [4.69, 9.17) is 4.74 Å². The van der Waals surface area contributed by atoms with Crippen LogP contribution in [-0.4, -0.2) is 5.49 Å². The number of benzene rings is 2. The Morgan fingerprint density at radius 1 is 1.00 bits per heavy atom. The molecule has 0 aromatic heterocycles. The van der Waals surface area contributed by atoms with Gasteiger partial charge in [-0.2, -0.15) is 0 Å². The zero-order valence-electron chi connectivity index (χ0n) is 10.3. The largest absolute Gasteiger partial charge is 0.487 e. The molecule has 0 unspecified atom stereocenters. The van der Waals surface area contributed by atoms with Crippen LogP contribution in [0.4, 0.5) is 5.69 Å². The molecule has 0 aliphatic carbocycles. The smallest absolute Gasteiger partial charge is 0.144 e. The van der Waals surface area contributed by atoms with E-state index in [1.807, 2.05) is 54.6 Å². The van der Waals surface area contributed by atoms with Crippen molar-refractivity contribution in [3.63, 3.8) is 0 Å². The van der Waals surface area contributed by atoms with Crippen LogP contribution in [0.3, 0.4) is 0 Å². The van der Waals surface area contributed by atoms with E-state index in [1.54, 1.807) is 0 Å². The van der Waals surface area contributed by atoms with Crippen molar-refractivity contribution in [3.05, 3.63) is 60.2 Å². The fraction of sp³-hybridized carbons (Fsp3) is 0.0714. The van der Waals surface area contributed by atoms with Gasteiger partial charge in [-0.05, 0) is 17.7 Å². The number of hydrogen-bond donors (Lipinski definition) is 3. The summed E-state index contributed by atoms with van der Waals surface area (Å²) in [5.41, 5.74) is 11.7. The molecule has 2 aromatic rings. The van der Waals surface area contributed by atoms with Crippen molar-refractivity contribution in [2.24, 2.45) is 0 Å². The van der Waals surface area contributed by atoms with E-state index < -0.39 is 0 Å². The van der Waals surface area contributed by atoms with Crippen LogP contribution in [0.15, 0.2) is 54.6 Å². The Morgan fingerprint density at radius 2 is 1.74 bits per heavy atom. The highest BCUT2D eigenvalue weighted by molar-refractivity contribution is 7.78. The zero-order chi connectivity index (χ0) is 13.3. The third-order valence-corrected chi connectivity index (χ3v) is 2.57. The van der Waals surface area contributed by atoms with E-state index in [0.717, 1.165) is 17.0 Å². The zero-order valence-corrected chi connectivity index (χ0v) is 11.1. The molecule has 0 aliphatic heterocycles. The van der Waals surface area contributed by atoms with Gasteiger partial charge >= 0.3 is 0 Å². The van der Waals surface area contributed by atoms with Gasteiger partial charge in [-0.1, -0.05) is 54.7 Å². The maximum absolute atomic E-state index is 5.79. The molecule has 98 valence electrons. The molecule has 0 radical (unpaired) electrons. The Balaban J connectivity index is 1.97. The van der Waals surface area contributed by atoms with Gasteiger partial charge in [-0.3, -0.25) is 0 Å². The number of nitrogens with one attached hydrogen (secondary N) is 3. The highest BCUT2D eigenvalue weighted by Gasteiger charge is 2.02. The normalized spacial score (nSPS) is 9.68. The number of rotatable bonds is 7. The molecule has 3 N–H and O–H groups in total. The van der Waals surface area contributed by atoms with Crippen molar-refractivity contribution in [1.29, 1.82) is 0 Å². The predicted molar refractivity (Wildman–Crippen MR) is 80.8 cm³/mol. The van der Waals surface area contributed by atoms with Crippen LogP contribution >= 0.6 is 12.2 Å². The number of anilines is 1. The Bertz CT molecular complexity index is 519. The first kappa shape index (κ1) is 13.3. The Hall–Kier alpha value is -2.11. The molecule has 2 aromatic carbocycles. The quantitative estimate of drug-likeness (QED) is 0.411. The minimum absolute atomic E-state index is 0.528. The van der Waals surface area contributed by atoms with Crippen molar-refractivity contribution in [2.75, 3.05) is 5.43 Å². The first-order valence-electron chi connectivity index (χ1n) is 5.86. The number of para-hydroxylation sites is 2. The standard InChI is InChI=1S/C14H15N3OS/c19-11-15-17-16-13-8-4-5-9-14(13)18-10-12-6-2-1-3-7-12/h1-9,11,16-17H,10H2,(H,15,19). The molecule has 0 heterocycles. The average Bonchev–Trinajstić information content (AvgIpc) is 2.48. The van der Waals surface area contributed by atoms with E-state index in [0.29, 0.717) is 6.61 Å². The monoisotopic (exact) mass is 273 g/mol. The molecular formula is C14H15N3OS. The number of thiocarbonyl (C=S) groups is 1. The predicted octanol–water partition coefficient (Wildman–Crippen LogP) is 2.64. The van der Waals surface area contributed by atoms with Crippen LogP contribution < -0.4 is 21.1 Å². The second kappa shape index (κ2) is 7.35. The Labute approximate surface area is 117 Å². The molecule has 0 amide bonds. The van der Waals surface area contributed by atoms with Gasteiger partial charge in [0, 0.05) is 0 Å². The topological polar surface area (TPSA) is 45.3 Å². The number of hydrazine groups is 2. The van der Waals surface area contributed by atoms with Crippen LogP contribution in [0.25, 0.3) is 0 Å². The summed E-state index contributed by atoms with van der Waals surface area (Å²) in [5.74, 6) is 0.769. The molecule has 5 heteroatoms. The van der Waals surface area contributed by atoms with Crippen molar-refractivity contribution in [3.8, 4) is 5.75 Å². The van der Waals surface area contributed by atoms with E-state index in [9.17, 15) is 0 Å². The van der Waals surface area contributed by atoms with Gasteiger partial charge in [0.15, 0.2) is 0 Å². The molecule has 0 saturated heterocycles. The van der Waals surface area contributed by atoms with Gasteiger partial charge in [-0.15, -0.1) is 5.53 Å². The van der Waals surface area contributed by atoms with E-state index in [1.165, 1.54) is 5.49 Å². The maximum Gasteiger partial charge on any atom is 0.144 e. The van der Waals surface area contributed by atoms with E-state index >= 15 is 0 Å². The van der Waals surface area contributed by atoms with Crippen LogP contribution in [0.1, 0.15) is 5.56 Å². The highest BCUT2D eigenvalue weighted by Crippen LogP contribution is 2.23. The summed E-state index contributed by atoms with van der Waals surface area (Å²) < 4.78 is 5.79. The van der Waals surface area contributed by atoms with Crippen LogP contribution in [-0.2, 0) is 6.61 Å². The Kier molecular flexibility index (Phi) is 5.16. The van der Waals surface area contributed by atoms with Gasteiger partial charge < -0.3 is 15.6 Å². The highest BCUT2D eigenvalue weighted by atomic mass is 32.1. The van der Waals surface area contributed by atoms with Gasteiger partial charge in [0.25, 0.3) is 0 Å². The summed E-state index contributed by atoms with van der Waals surface area (Å²) in [4.78, 5) is 0. The number of hydrogen-bond acceptors (Lipinski definition) is 4. The molecule has 0 fully saturated rings. The van der Waals surface area contributed by atoms with Crippen LogP contribution in [0.5, 0.6) is 5.75 Å². The lowest BCUT2D eigenvalue weighted by Gasteiger charge is -2.13. The summed E-state index contributed by atoms with van der Waals surface area (Å²) in [6.07, 6.45) is 0. The second-order valence-corrected chi connectivity index (χ2v) is 4.02. The van der Waals surface area contributed by atoms with Gasteiger partial charge in [0.1, 0.15) is 12.4 Å². The maximum atomic E-state index is 5.79. The summed E-state index contributed by atoms with van der Waals surface area (Å²) in [7, 11) is 0. The molecule has 0 saturated carbocycles. The Morgan fingerprint density at radius 3 is 2.53 bits per heavy atom. The minimum Gasteiger partial charge on any atom is -0.487 e. The lowest BCUT2D eigenvalue weighted by atomic mass is 10.2. The summed E-state index contributed by atoms with van der Waals surface area (Å²) in [5, 5.41) is 0. The van der Waals surface area contributed by atoms with Gasteiger partial charge in [0.05, 0.1) is 11.2 Å². The molecule has 0 spiro atoms. The molecule has 19 heavy (non-hydrogen) atoms. The third kappa shape index (κ3) is 4.24. The average molecular weight is 273 g/mol. The van der Waals surface area contributed by atoms with Crippen molar-refractivity contribution < 1.29 is 4.74 Å². The van der Waals surface area contributed by atoms with Gasteiger partial charge in [-0.25, -0.2) is 0 Å². The van der Waals surface area contributed by atoms with Gasteiger partial charge in [0.2, 0.25) is 0 Å². The lowest BCUT2D eigenvalue weighted by Crippen LogP contribution is -2.35. The molecule has 0 aliphatic rings. The van der Waals surface area contributed by atoms with E-state index in [2.05, 4.69) is 28.6 Å². The lowest BCUT2D eigenvalue weighted by molar-refractivity contribution is 0.307. The summed E-state index contributed by atoms with van der Waals surface area (Å²) in [6.45, 7) is 0.528. The molecule has 0 bridgehead atoms. The first-order chi connectivity index (χ1) is 9.40. The molecular weight excluding hydrogens is 258 g/mol. The van der Waals surface area contributed by atoms with Crippen LogP contribution in [0, 0.1) is 0 Å². The first-order valence-corrected chi connectivity index (χ1v) is 6.33.